The van der Waals surface area contributed by atoms with E-state index in [0.29, 0.717) is 12.1 Å². The van der Waals surface area contributed by atoms with Crippen LogP contribution in [0.25, 0.3) is 0 Å². The van der Waals surface area contributed by atoms with E-state index >= 15 is 0 Å². The molecule has 0 radical (unpaired) electrons. The predicted molar refractivity (Wildman–Crippen MR) is 42.9 cm³/mol. The van der Waals surface area contributed by atoms with Gasteiger partial charge in [0.1, 0.15) is 0 Å². The van der Waals surface area contributed by atoms with Gasteiger partial charge in [-0.3, -0.25) is 0 Å². The van der Waals surface area contributed by atoms with Crippen LogP contribution in [-0.2, 0) is 0 Å². The normalized spacial score (nSPS) is 34.8. The number of rotatable bonds is 1. The van der Waals surface area contributed by atoms with E-state index < -0.39 is 0 Å². The van der Waals surface area contributed by atoms with Crippen molar-refractivity contribution >= 4 is 5.71 Å². The Bertz CT molecular complexity index is 142. The summed E-state index contributed by atoms with van der Waals surface area (Å²) < 4.78 is 0. The zero-order valence-corrected chi connectivity index (χ0v) is 6.59. The van der Waals surface area contributed by atoms with Crippen molar-refractivity contribution in [1.29, 1.82) is 0 Å². The van der Waals surface area contributed by atoms with Gasteiger partial charge in [-0.1, -0.05) is 0 Å². The molecular formula is C7H15N3. The fraction of sp³-hybridized carbons (Fsp3) is 0.857. The highest BCUT2D eigenvalue weighted by Gasteiger charge is 2.21. The van der Waals surface area contributed by atoms with Crippen LogP contribution in [0.1, 0.15) is 26.7 Å². The van der Waals surface area contributed by atoms with Gasteiger partial charge in [-0.2, -0.15) is 5.10 Å². The van der Waals surface area contributed by atoms with Crippen LogP contribution in [0.3, 0.4) is 0 Å². The van der Waals surface area contributed by atoms with Gasteiger partial charge < -0.3 is 11.2 Å². The molecule has 1 heterocycles. The smallest absolute Gasteiger partial charge is 0.0514 e. The van der Waals surface area contributed by atoms with Gasteiger partial charge >= 0.3 is 0 Å². The van der Waals surface area contributed by atoms with E-state index in [1.54, 1.807) is 0 Å². The molecule has 0 amide bonds. The SMILES string of the molecule is CC(=NN)C1CCC(C)N1. The van der Waals surface area contributed by atoms with E-state index in [4.69, 9.17) is 5.84 Å². The van der Waals surface area contributed by atoms with Gasteiger partial charge in [-0.15, -0.1) is 0 Å². The number of hydrazone groups is 1. The van der Waals surface area contributed by atoms with Gasteiger partial charge in [0.25, 0.3) is 0 Å². The zero-order chi connectivity index (χ0) is 7.56. The first-order valence-corrected chi connectivity index (χ1v) is 3.74. The minimum absolute atomic E-state index is 0.431. The molecule has 3 nitrogen and oxygen atoms in total. The lowest BCUT2D eigenvalue weighted by Crippen LogP contribution is -2.33. The fourth-order valence-corrected chi connectivity index (χ4v) is 1.35. The Morgan fingerprint density at radius 1 is 1.60 bits per heavy atom. The Balaban J connectivity index is 2.45. The molecule has 0 bridgehead atoms. The maximum atomic E-state index is 5.15. The Hall–Kier alpha value is -0.570. The highest BCUT2D eigenvalue weighted by Crippen LogP contribution is 2.12. The Morgan fingerprint density at radius 3 is 2.70 bits per heavy atom. The minimum atomic E-state index is 0.431. The first kappa shape index (κ1) is 7.54. The lowest BCUT2D eigenvalue weighted by molar-refractivity contribution is 0.638. The number of hydrogen-bond acceptors (Lipinski definition) is 3. The van der Waals surface area contributed by atoms with Crippen molar-refractivity contribution in [1.82, 2.24) is 5.32 Å². The van der Waals surface area contributed by atoms with Gasteiger partial charge in [0.15, 0.2) is 0 Å². The standard InChI is InChI=1S/C7H15N3/c1-5-3-4-7(9-5)6(2)10-8/h5,7,9H,3-4,8H2,1-2H3. The van der Waals surface area contributed by atoms with Crippen molar-refractivity contribution in [3.05, 3.63) is 0 Å². The van der Waals surface area contributed by atoms with E-state index in [9.17, 15) is 0 Å². The van der Waals surface area contributed by atoms with E-state index in [-0.39, 0.29) is 0 Å². The van der Waals surface area contributed by atoms with Crippen molar-refractivity contribution in [3.63, 3.8) is 0 Å². The number of nitrogens with one attached hydrogen (secondary N) is 1. The van der Waals surface area contributed by atoms with E-state index in [1.807, 2.05) is 6.92 Å². The zero-order valence-electron chi connectivity index (χ0n) is 6.59. The van der Waals surface area contributed by atoms with Gasteiger partial charge in [-0.05, 0) is 26.7 Å². The molecule has 0 spiro atoms. The van der Waals surface area contributed by atoms with Crippen molar-refractivity contribution < 1.29 is 0 Å². The van der Waals surface area contributed by atoms with Gasteiger partial charge in [0, 0.05) is 12.1 Å². The van der Waals surface area contributed by atoms with Crippen LogP contribution in [0, 0.1) is 0 Å². The maximum Gasteiger partial charge on any atom is 0.0514 e. The maximum absolute atomic E-state index is 5.15. The quantitative estimate of drug-likeness (QED) is 0.317. The third kappa shape index (κ3) is 1.48. The first-order chi connectivity index (χ1) is 4.74. The summed E-state index contributed by atoms with van der Waals surface area (Å²) in [5.74, 6) is 5.15. The summed E-state index contributed by atoms with van der Waals surface area (Å²) in [4.78, 5) is 0. The molecule has 58 valence electrons. The Labute approximate surface area is 61.7 Å². The Morgan fingerprint density at radius 2 is 2.30 bits per heavy atom. The summed E-state index contributed by atoms with van der Waals surface area (Å²) in [7, 11) is 0. The first-order valence-electron chi connectivity index (χ1n) is 3.74. The highest BCUT2D eigenvalue weighted by atomic mass is 15.1. The molecule has 1 saturated heterocycles. The lowest BCUT2D eigenvalue weighted by Gasteiger charge is -2.09. The average Bonchev–Trinajstić information content (AvgIpc) is 2.34. The monoisotopic (exact) mass is 141 g/mol. The topological polar surface area (TPSA) is 50.4 Å². The third-order valence-corrected chi connectivity index (χ3v) is 2.08. The van der Waals surface area contributed by atoms with E-state index in [2.05, 4.69) is 17.3 Å². The van der Waals surface area contributed by atoms with Crippen LogP contribution in [0.2, 0.25) is 0 Å². The van der Waals surface area contributed by atoms with Crippen LogP contribution >= 0.6 is 0 Å². The van der Waals surface area contributed by atoms with Crippen LogP contribution in [0.5, 0.6) is 0 Å². The van der Waals surface area contributed by atoms with E-state index in [0.717, 1.165) is 5.71 Å². The third-order valence-electron chi connectivity index (χ3n) is 2.08. The predicted octanol–water partition coefficient (Wildman–Crippen LogP) is 0.462. The molecule has 0 aromatic carbocycles. The second-order valence-electron chi connectivity index (χ2n) is 2.97. The van der Waals surface area contributed by atoms with Gasteiger partial charge in [-0.25, -0.2) is 0 Å². The molecule has 2 unspecified atom stereocenters. The molecular weight excluding hydrogens is 126 g/mol. The molecule has 0 aromatic heterocycles. The van der Waals surface area contributed by atoms with Crippen molar-refractivity contribution in [2.24, 2.45) is 10.9 Å². The Kier molecular flexibility index (Phi) is 2.27. The fourth-order valence-electron chi connectivity index (χ4n) is 1.35. The molecule has 0 aliphatic carbocycles. The van der Waals surface area contributed by atoms with Crippen molar-refractivity contribution in [2.75, 3.05) is 0 Å². The minimum Gasteiger partial charge on any atom is -0.323 e. The lowest BCUT2D eigenvalue weighted by atomic mass is 10.1. The van der Waals surface area contributed by atoms with Crippen LogP contribution in [0.15, 0.2) is 5.10 Å². The average molecular weight is 141 g/mol. The van der Waals surface area contributed by atoms with E-state index in [1.165, 1.54) is 12.8 Å². The molecule has 1 rings (SSSR count). The summed E-state index contributed by atoms with van der Waals surface area (Å²) in [5.41, 5.74) is 1.02. The van der Waals surface area contributed by atoms with Crippen LogP contribution < -0.4 is 11.2 Å². The van der Waals surface area contributed by atoms with Crippen LogP contribution in [-0.4, -0.2) is 17.8 Å². The van der Waals surface area contributed by atoms with Crippen LogP contribution in [0.4, 0.5) is 0 Å². The van der Waals surface area contributed by atoms with Gasteiger partial charge in [0.05, 0.1) is 5.71 Å². The molecule has 0 aromatic rings. The molecule has 1 fully saturated rings. The highest BCUT2D eigenvalue weighted by molar-refractivity contribution is 5.87. The van der Waals surface area contributed by atoms with Crippen molar-refractivity contribution in [2.45, 2.75) is 38.8 Å². The summed E-state index contributed by atoms with van der Waals surface area (Å²) in [6.45, 7) is 4.15. The number of nitrogens with two attached hydrogens (primary N) is 1. The second-order valence-corrected chi connectivity index (χ2v) is 2.97. The summed E-state index contributed by atoms with van der Waals surface area (Å²) >= 11 is 0. The largest absolute Gasteiger partial charge is 0.323 e. The summed E-state index contributed by atoms with van der Waals surface area (Å²) in [6, 6.07) is 1.06. The van der Waals surface area contributed by atoms with Gasteiger partial charge in [0.2, 0.25) is 0 Å². The molecule has 0 saturated carbocycles. The second kappa shape index (κ2) is 3.01. The molecule has 3 heteroatoms. The summed E-state index contributed by atoms with van der Waals surface area (Å²) in [6.07, 6.45) is 2.41. The van der Waals surface area contributed by atoms with Crippen molar-refractivity contribution in [3.8, 4) is 0 Å². The molecule has 3 N–H and O–H groups in total. The molecule has 10 heavy (non-hydrogen) atoms. The molecule has 1 aliphatic rings. The molecule has 1 aliphatic heterocycles. The summed E-state index contributed by atoms with van der Waals surface area (Å²) in [5, 5.41) is 7.05. The number of nitrogens with zero attached hydrogens (tertiary/aromatic N) is 1. The molecule has 2 atom stereocenters. The number of hydrogen-bond donors (Lipinski definition) is 2.